The van der Waals surface area contributed by atoms with Gasteiger partial charge in [-0.2, -0.15) is 4.31 Å². The molecule has 3 aromatic rings. The molecular formula is C30H35FN2O2S. The van der Waals surface area contributed by atoms with E-state index in [1.165, 1.54) is 16.7 Å². The van der Waals surface area contributed by atoms with E-state index in [9.17, 15) is 12.8 Å². The molecule has 2 heterocycles. The molecule has 36 heavy (non-hydrogen) atoms. The van der Waals surface area contributed by atoms with Crippen molar-refractivity contribution in [3.63, 3.8) is 0 Å². The number of fused-ring (bicyclic) bond motifs is 1. The van der Waals surface area contributed by atoms with Gasteiger partial charge in [-0.15, -0.1) is 0 Å². The predicted octanol–water partition coefficient (Wildman–Crippen LogP) is 5.87. The number of alkyl halides is 1. The van der Waals surface area contributed by atoms with Gasteiger partial charge in [-0.3, -0.25) is 4.90 Å². The number of benzene rings is 3. The van der Waals surface area contributed by atoms with Gasteiger partial charge in [-0.25, -0.2) is 12.8 Å². The first kappa shape index (κ1) is 25.1. The van der Waals surface area contributed by atoms with Gasteiger partial charge in [0.25, 0.3) is 0 Å². The maximum absolute atomic E-state index is 14.3. The first-order valence-electron chi connectivity index (χ1n) is 12.9. The molecule has 0 amide bonds. The van der Waals surface area contributed by atoms with E-state index in [1.807, 2.05) is 19.1 Å². The van der Waals surface area contributed by atoms with Crippen molar-refractivity contribution in [3.05, 3.63) is 89.0 Å². The van der Waals surface area contributed by atoms with Gasteiger partial charge in [0.15, 0.2) is 0 Å². The van der Waals surface area contributed by atoms with Crippen LogP contribution in [-0.2, 0) is 10.0 Å². The lowest BCUT2D eigenvalue weighted by Gasteiger charge is -2.56. The minimum Gasteiger partial charge on any atom is -0.292 e. The van der Waals surface area contributed by atoms with Gasteiger partial charge in [0.2, 0.25) is 10.0 Å². The molecule has 1 unspecified atom stereocenters. The van der Waals surface area contributed by atoms with Crippen molar-refractivity contribution in [3.8, 4) is 11.1 Å². The molecule has 0 saturated carbocycles. The third-order valence-corrected chi connectivity index (χ3v) is 10.3. The highest BCUT2D eigenvalue weighted by molar-refractivity contribution is 7.89. The molecule has 0 aliphatic carbocycles. The molecule has 0 radical (unpaired) electrons. The molecule has 2 fully saturated rings. The van der Waals surface area contributed by atoms with Crippen LogP contribution in [0.5, 0.6) is 0 Å². The van der Waals surface area contributed by atoms with Crippen LogP contribution in [0.25, 0.3) is 11.1 Å². The number of rotatable bonds is 5. The normalized spacial score (nSPS) is 23.4. The van der Waals surface area contributed by atoms with Crippen LogP contribution >= 0.6 is 0 Å². The molecular weight excluding hydrogens is 471 g/mol. The molecule has 2 aliphatic rings. The van der Waals surface area contributed by atoms with E-state index in [4.69, 9.17) is 0 Å². The number of sulfonamides is 1. The van der Waals surface area contributed by atoms with Gasteiger partial charge in [0.05, 0.1) is 4.90 Å². The summed E-state index contributed by atoms with van der Waals surface area (Å²) < 4.78 is 43.2. The number of hydrogen-bond donors (Lipinski definition) is 0. The Morgan fingerprint density at radius 3 is 2.28 bits per heavy atom. The Labute approximate surface area is 214 Å². The fourth-order valence-electron chi connectivity index (χ4n) is 6.03. The lowest BCUT2D eigenvalue weighted by atomic mass is 9.74. The van der Waals surface area contributed by atoms with E-state index in [-0.39, 0.29) is 18.0 Å². The third-order valence-electron chi connectivity index (χ3n) is 8.23. The quantitative estimate of drug-likeness (QED) is 0.435. The second-order valence-corrected chi connectivity index (χ2v) is 12.2. The molecule has 0 spiro atoms. The zero-order valence-corrected chi connectivity index (χ0v) is 22.1. The van der Waals surface area contributed by atoms with E-state index >= 15 is 0 Å². The summed E-state index contributed by atoms with van der Waals surface area (Å²) in [5, 5.41) is 0. The Morgan fingerprint density at radius 2 is 1.56 bits per heavy atom. The summed E-state index contributed by atoms with van der Waals surface area (Å²) in [5.74, 6) is -0.0321. The minimum atomic E-state index is -3.62. The van der Waals surface area contributed by atoms with Crippen LogP contribution in [-0.4, -0.2) is 56.0 Å². The van der Waals surface area contributed by atoms with Crippen molar-refractivity contribution >= 4 is 10.0 Å². The minimum absolute atomic E-state index is 0.0311. The van der Waals surface area contributed by atoms with Gasteiger partial charge in [-0.05, 0) is 79.6 Å². The van der Waals surface area contributed by atoms with Crippen LogP contribution in [0, 0.1) is 20.8 Å². The van der Waals surface area contributed by atoms with Crippen LogP contribution in [0.2, 0.25) is 0 Å². The summed E-state index contributed by atoms with van der Waals surface area (Å²) in [6.45, 7) is 7.37. The molecule has 190 valence electrons. The highest BCUT2D eigenvalue weighted by Crippen LogP contribution is 2.43. The average molecular weight is 507 g/mol. The van der Waals surface area contributed by atoms with E-state index in [0.717, 1.165) is 36.1 Å². The largest absolute Gasteiger partial charge is 0.292 e. The first-order chi connectivity index (χ1) is 17.3. The molecule has 3 atom stereocenters. The van der Waals surface area contributed by atoms with Crippen LogP contribution < -0.4 is 0 Å². The molecule has 5 rings (SSSR count). The van der Waals surface area contributed by atoms with Crippen LogP contribution in [0.15, 0.2) is 71.6 Å². The fourth-order valence-corrected chi connectivity index (χ4v) is 7.75. The van der Waals surface area contributed by atoms with Crippen molar-refractivity contribution in [2.24, 2.45) is 0 Å². The third kappa shape index (κ3) is 4.40. The van der Waals surface area contributed by atoms with Gasteiger partial charge in [0.1, 0.15) is 6.67 Å². The topological polar surface area (TPSA) is 40.6 Å². The standard InChI is InChI=1S/C30H35FN2O2S/c1-21-10-8-11-26(23(21)3)24-13-15-25(16-14-24)30-27(19-31)33-18-7-6-17-32(20-28(30)33)36(34,35)29-12-5-4-9-22(29)2/h4-5,8-16,27-28,30H,6-7,17-20H2,1-3H3/t27-,28+,30?/m1/s1. The summed E-state index contributed by atoms with van der Waals surface area (Å²) >= 11 is 0. The molecule has 0 aromatic heterocycles. The fraction of sp³-hybridized carbons (Fsp3) is 0.400. The number of nitrogens with zero attached hydrogens (tertiary/aromatic N) is 2. The Bertz CT molecular complexity index is 1340. The number of halogens is 1. The van der Waals surface area contributed by atoms with Crippen molar-refractivity contribution in [1.29, 1.82) is 0 Å². The highest BCUT2D eigenvalue weighted by atomic mass is 32.2. The van der Waals surface area contributed by atoms with E-state index < -0.39 is 16.7 Å². The maximum Gasteiger partial charge on any atom is 0.243 e. The molecule has 0 bridgehead atoms. The second kappa shape index (κ2) is 10.1. The predicted molar refractivity (Wildman–Crippen MR) is 144 cm³/mol. The average Bonchev–Trinajstić information content (AvgIpc) is 2.85. The van der Waals surface area contributed by atoms with Gasteiger partial charge >= 0.3 is 0 Å². The van der Waals surface area contributed by atoms with Gasteiger partial charge in [-0.1, -0.05) is 60.7 Å². The number of aryl methyl sites for hydroxylation is 2. The van der Waals surface area contributed by atoms with Crippen LogP contribution in [0.1, 0.15) is 41.0 Å². The van der Waals surface area contributed by atoms with Crippen molar-refractivity contribution in [1.82, 2.24) is 9.21 Å². The molecule has 0 N–H and O–H groups in total. The highest BCUT2D eigenvalue weighted by Gasteiger charge is 2.50. The van der Waals surface area contributed by atoms with Crippen molar-refractivity contribution in [2.45, 2.75) is 56.5 Å². The Balaban J connectivity index is 1.44. The lowest BCUT2D eigenvalue weighted by molar-refractivity contribution is -0.0414. The number of hydrogen-bond acceptors (Lipinski definition) is 3. The zero-order chi connectivity index (χ0) is 25.4. The van der Waals surface area contributed by atoms with Gasteiger partial charge in [0, 0.05) is 31.1 Å². The zero-order valence-electron chi connectivity index (χ0n) is 21.3. The Hall–Kier alpha value is -2.54. The summed E-state index contributed by atoms with van der Waals surface area (Å²) in [6, 6.07) is 21.7. The Morgan fingerprint density at radius 1 is 0.861 bits per heavy atom. The summed E-state index contributed by atoms with van der Waals surface area (Å²) in [4.78, 5) is 2.57. The van der Waals surface area contributed by atoms with E-state index in [2.05, 4.69) is 61.2 Å². The molecule has 4 nitrogen and oxygen atoms in total. The molecule has 6 heteroatoms. The SMILES string of the molecule is Cc1ccccc1S(=O)(=O)N1CCCCN2[C@H](CF)C(c3ccc(-c4cccc(C)c4C)cc3)[C@@H]2C1. The van der Waals surface area contributed by atoms with E-state index in [0.29, 0.717) is 18.0 Å². The molecule has 2 saturated heterocycles. The maximum atomic E-state index is 14.3. The first-order valence-corrected chi connectivity index (χ1v) is 14.3. The summed E-state index contributed by atoms with van der Waals surface area (Å²) in [5.41, 5.74) is 6.72. The summed E-state index contributed by atoms with van der Waals surface area (Å²) in [7, 11) is -3.62. The van der Waals surface area contributed by atoms with Crippen LogP contribution in [0.3, 0.4) is 0 Å². The van der Waals surface area contributed by atoms with Crippen molar-refractivity contribution in [2.75, 3.05) is 26.3 Å². The molecule has 3 aromatic carbocycles. The smallest absolute Gasteiger partial charge is 0.243 e. The monoisotopic (exact) mass is 506 g/mol. The summed E-state index contributed by atoms with van der Waals surface area (Å²) in [6.07, 6.45) is 1.65. The van der Waals surface area contributed by atoms with E-state index in [1.54, 1.807) is 16.4 Å². The Kier molecular flexibility index (Phi) is 7.03. The lowest BCUT2D eigenvalue weighted by Crippen LogP contribution is -2.67. The van der Waals surface area contributed by atoms with Crippen molar-refractivity contribution < 1.29 is 12.8 Å². The molecule has 2 aliphatic heterocycles. The van der Waals surface area contributed by atoms with Gasteiger partial charge < -0.3 is 0 Å². The van der Waals surface area contributed by atoms with Crippen LogP contribution in [0.4, 0.5) is 4.39 Å². The second-order valence-electron chi connectivity index (χ2n) is 10.3.